The van der Waals surface area contributed by atoms with Gasteiger partial charge < -0.3 is 4.90 Å². The van der Waals surface area contributed by atoms with Crippen LogP contribution in [-0.2, 0) is 4.79 Å². The summed E-state index contributed by atoms with van der Waals surface area (Å²) in [5, 5.41) is 12.5. The van der Waals surface area contributed by atoms with E-state index in [1.165, 1.54) is 22.9 Å². The van der Waals surface area contributed by atoms with Crippen molar-refractivity contribution >= 4 is 17.7 Å². The van der Waals surface area contributed by atoms with Crippen molar-refractivity contribution in [2.24, 2.45) is 0 Å². The Balaban J connectivity index is 1.67. The highest BCUT2D eigenvalue weighted by Crippen LogP contribution is 2.37. The SMILES string of the molecule is Cc1ccc(-n2nnnc2SC(C(=O)N2CCCC2)c2ccccc2)cc1C. The Morgan fingerprint density at radius 2 is 1.79 bits per heavy atom. The predicted molar refractivity (Wildman–Crippen MR) is 109 cm³/mol. The van der Waals surface area contributed by atoms with Crippen molar-refractivity contribution in [2.45, 2.75) is 37.1 Å². The largest absolute Gasteiger partial charge is 0.341 e. The second-order valence-corrected chi connectivity index (χ2v) is 8.16. The van der Waals surface area contributed by atoms with E-state index in [2.05, 4.69) is 41.5 Å². The van der Waals surface area contributed by atoms with Gasteiger partial charge in [0.1, 0.15) is 5.25 Å². The number of thioether (sulfide) groups is 1. The highest BCUT2D eigenvalue weighted by molar-refractivity contribution is 8.00. The van der Waals surface area contributed by atoms with E-state index in [-0.39, 0.29) is 11.2 Å². The molecule has 0 saturated carbocycles. The van der Waals surface area contributed by atoms with Gasteiger partial charge in [-0.3, -0.25) is 4.79 Å². The molecule has 1 aliphatic rings. The molecule has 7 heteroatoms. The van der Waals surface area contributed by atoms with Crippen LogP contribution in [0.1, 0.15) is 34.8 Å². The van der Waals surface area contributed by atoms with Crippen LogP contribution < -0.4 is 0 Å². The van der Waals surface area contributed by atoms with E-state index in [4.69, 9.17) is 0 Å². The number of hydrogen-bond acceptors (Lipinski definition) is 5. The average molecular weight is 394 g/mol. The molecular weight excluding hydrogens is 370 g/mol. The lowest BCUT2D eigenvalue weighted by Gasteiger charge is -2.22. The summed E-state index contributed by atoms with van der Waals surface area (Å²) < 4.78 is 1.71. The van der Waals surface area contributed by atoms with E-state index in [0.717, 1.165) is 37.2 Å². The van der Waals surface area contributed by atoms with Gasteiger partial charge in [-0.25, -0.2) is 0 Å². The van der Waals surface area contributed by atoms with Gasteiger partial charge in [0.2, 0.25) is 11.1 Å². The molecule has 6 nitrogen and oxygen atoms in total. The van der Waals surface area contributed by atoms with Crippen LogP contribution in [0.15, 0.2) is 53.7 Å². The molecule has 0 aliphatic carbocycles. The monoisotopic (exact) mass is 393 g/mol. The summed E-state index contributed by atoms with van der Waals surface area (Å²) in [6.45, 7) is 5.80. The van der Waals surface area contributed by atoms with Crippen LogP contribution >= 0.6 is 11.8 Å². The molecule has 1 fully saturated rings. The molecule has 0 radical (unpaired) electrons. The first-order valence-electron chi connectivity index (χ1n) is 9.50. The van der Waals surface area contributed by atoms with Gasteiger partial charge in [-0.2, -0.15) is 4.68 Å². The van der Waals surface area contributed by atoms with Gasteiger partial charge in [0, 0.05) is 13.1 Å². The lowest BCUT2D eigenvalue weighted by atomic mass is 10.1. The summed E-state index contributed by atoms with van der Waals surface area (Å²) in [4.78, 5) is 15.2. The number of aromatic nitrogens is 4. The van der Waals surface area contributed by atoms with Crippen LogP contribution in [-0.4, -0.2) is 44.1 Å². The summed E-state index contributed by atoms with van der Waals surface area (Å²) >= 11 is 1.41. The molecule has 2 heterocycles. The zero-order valence-corrected chi connectivity index (χ0v) is 16.9. The van der Waals surface area contributed by atoms with Crippen molar-refractivity contribution in [2.75, 3.05) is 13.1 Å². The number of rotatable bonds is 5. The molecule has 0 spiro atoms. The molecule has 28 heavy (non-hydrogen) atoms. The van der Waals surface area contributed by atoms with Crippen molar-refractivity contribution in [1.29, 1.82) is 0 Å². The van der Waals surface area contributed by atoms with Crippen molar-refractivity contribution in [3.8, 4) is 5.69 Å². The summed E-state index contributed by atoms with van der Waals surface area (Å²) in [5.74, 6) is 0.128. The normalized spacial score (nSPS) is 15.0. The van der Waals surface area contributed by atoms with Gasteiger partial charge in [0.15, 0.2) is 0 Å². The molecule has 3 aromatic rings. The molecule has 144 valence electrons. The van der Waals surface area contributed by atoms with Gasteiger partial charge in [-0.15, -0.1) is 5.10 Å². The van der Waals surface area contributed by atoms with Crippen molar-refractivity contribution in [3.05, 3.63) is 65.2 Å². The van der Waals surface area contributed by atoms with Gasteiger partial charge in [-0.1, -0.05) is 48.2 Å². The van der Waals surface area contributed by atoms with Crippen LogP contribution in [0.2, 0.25) is 0 Å². The van der Waals surface area contributed by atoms with Crippen LogP contribution in [0.25, 0.3) is 5.69 Å². The third-order valence-electron chi connectivity index (χ3n) is 5.14. The molecule has 1 saturated heterocycles. The number of benzene rings is 2. The van der Waals surface area contributed by atoms with E-state index in [0.29, 0.717) is 5.16 Å². The predicted octanol–water partition coefficient (Wildman–Crippen LogP) is 3.73. The number of hydrogen-bond donors (Lipinski definition) is 0. The van der Waals surface area contributed by atoms with Crippen LogP contribution in [0, 0.1) is 13.8 Å². The molecule has 1 amide bonds. The summed E-state index contributed by atoms with van der Waals surface area (Å²) in [5.41, 5.74) is 4.27. The first-order chi connectivity index (χ1) is 13.6. The molecular formula is C21H23N5OS. The Morgan fingerprint density at radius 3 is 2.50 bits per heavy atom. The minimum atomic E-state index is -0.365. The number of nitrogens with zero attached hydrogens (tertiary/aromatic N) is 5. The Bertz CT molecular complexity index is 966. The molecule has 1 unspecified atom stereocenters. The van der Waals surface area contributed by atoms with E-state index in [9.17, 15) is 4.79 Å². The van der Waals surface area contributed by atoms with E-state index < -0.39 is 0 Å². The molecule has 0 bridgehead atoms. The van der Waals surface area contributed by atoms with E-state index in [1.807, 2.05) is 41.3 Å². The lowest BCUT2D eigenvalue weighted by molar-refractivity contribution is -0.129. The first-order valence-corrected chi connectivity index (χ1v) is 10.4. The number of carbonyl (C=O) groups excluding carboxylic acids is 1. The minimum Gasteiger partial charge on any atom is -0.341 e. The first kappa shape index (κ1) is 18.7. The Labute approximate surface area is 168 Å². The van der Waals surface area contributed by atoms with Crippen molar-refractivity contribution in [3.63, 3.8) is 0 Å². The second-order valence-electron chi connectivity index (χ2n) is 7.08. The van der Waals surface area contributed by atoms with E-state index >= 15 is 0 Å². The topological polar surface area (TPSA) is 63.9 Å². The highest BCUT2D eigenvalue weighted by atomic mass is 32.2. The van der Waals surface area contributed by atoms with Crippen LogP contribution in [0.3, 0.4) is 0 Å². The fourth-order valence-electron chi connectivity index (χ4n) is 3.37. The molecule has 1 atom stereocenters. The number of likely N-dealkylation sites (tertiary alicyclic amines) is 1. The summed E-state index contributed by atoms with van der Waals surface area (Å²) in [6.07, 6.45) is 2.14. The molecule has 1 aliphatic heterocycles. The van der Waals surface area contributed by atoms with E-state index in [1.54, 1.807) is 4.68 Å². The van der Waals surface area contributed by atoms with Crippen LogP contribution in [0.5, 0.6) is 0 Å². The fraction of sp³-hybridized carbons (Fsp3) is 0.333. The maximum absolute atomic E-state index is 13.2. The zero-order valence-electron chi connectivity index (χ0n) is 16.1. The third-order valence-corrected chi connectivity index (χ3v) is 6.32. The van der Waals surface area contributed by atoms with Crippen molar-refractivity contribution < 1.29 is 4.79 Å². The van der Waals surface area contributed by atoms with Gasteiger partial charge in [0.25, 0.3) is 0 Å². The minimum absolute atomic E-state index is 0.128. The maximum atomic E-state index is 13.2. The Kier molecular flexibility index (Phi) is 5.43. The van der Waals surface area contributed by atoms with Crippen molar-refractivity contribution in [1.82, 2.24) is 25.1 Å². The number of tetrazole rings is 1. The highest BCUT2D eigenvalue weighted by Gasteiger charge is 2.30. The Morgan fingerprint density at radius 1 is 1.04 bits per heavy atom. The number of amides is 1. The van der Waals surface area contributed by atoms with Crippen LogP contribution in [0.4, 0.5) is 0 Å². The Hall–Kier alpha value is -2.67. The zero-order chi connectivity index (χ0) is 19.5. The standard InChI is InChI=1S/C21H23N5OS/c1-15-10-11-18(14-16(15)2)26-21(22-23-24-26)28-19(17-8-4-3-5-9-17)20(27)25-12-6-7-13-25/h3-5,8-11,14,19H,6-7,12-13H2,1-2H3. The van der Waals surface area contributed by atoms with Gasteiger partial charge in [0.05, 0.1) is 5.69 Å². The molecule has 4 rings (SSSR count). The maximum Gasteiger partial charge on any atom is 0.240 e. The number of aryl methyl sites for hydroxylation is 2. The molecule has 2 aromatic carbocycles. The second kappa shape index (κ2) is 8.14. The quantitative estimate of drug-likeness (QED) is 0.618. The van der Waals surface area contributed by atoms with Gasteiger partial charge in [-0.05, 0) is 65.9 Å². The average Bonchev–Trinajstić information content (AvgIpc) is 3.40. The lowest BCUT2D eigenvalue weighted by Crippen LogP contribution is -2.31. The summed E-state index contributed by atoms with van der Waals surface area (Å²) in [6, 6.07) is 16.0. The fourth-order valence-corrected chi connectivity index (χ4v) is 4.45. The summed E-state index contributed by atoms with van der Waals surface area (Å²) in [7, 11) is 0. The third kappa shape index (κ3) is 3.80. The molecule has 0 N–H and O–H groups in total. The van der Waals surface area contributed by atoms with Gasteiger partial charge >= 0.3 is 0 Å². The number of carbonyl (C=O) groups is 1. The smallest absolute Gasteiger partial charge is 0.240 e. The molecule has 1 aromatic heterocycles.